The number of aliphatic imine (C=N–C) groups is 1. The molecule has 0 aromatic heterocycles. The summed E-state index contributed by atoms with van der Waals surface area (Å²) in [5.41, 5.74) is 1.41. The van der Waals surface area contributed by atoms with Gasteiger partial charge in [0.05, 0.1) is 39.0 Å². The Morgan fingerprint density at radius 2 is 1.61 bits per heavy atom. The molecule has 28 heavy (non-hydrogen) atoms. The second kappa shape index (κ2) is 8.71. The van der Waals surface area contributed by atoms with E-state index in [1.807, 2.05) is 24.3 Å². The SMILES string of the molecule is COc1ccc(N=C2NC(=O)/C(=C\c3ccc(OC)c(OC)c3OC)S2)cc1. The third-order valence-electron chi connectivity index (χ3n) is 3.98. The van der Waals surface area contributed by atoms with Crippen molar-refractivity contribution in [3.8, 4) is 23.0 Å². The monoisotopic (exact) mass is 400 g/mol. The van der Waals surface area contributed by atoms with Gasteiger partial charge in [0.15, 0.2) is 16.7 Å². The van der Waals surface area contributed by atoms with Gasteiger partial charge >= 0.3 is 0 Å². The molecule has 0 atom stereocenters. The molecule has 146 valence electrons. The molecule has 0 aliphatic carbocycles. The van der Waals surface area contributed by atoms with E-state index in [4.69, 9.17) is 18.9 Å². The summed E-state index contributed by atoms with van der Waals surface area (Å²) >= 11 is 1.25. The molecule has 2 aromatic rings. The molecule has 3 rings (SSSR count). The van der Waals surface area contributed by atoms with E-state index in [1.54, 1.807) is 32.4 Å². The summed E-state index contributed by atoms with van der Waals surface area (Å²) < 4.78 is 21.3. The van der Waals surface area contributed by atoms with Crippen molar-refractivity contribution in [2.75, 3.05) is 28.4 Å². The molecule has 1 fully saturated rings. The molecular weight excluding hydrogens is 380 g/mol. The number of benzene rings is 2. The predicted molar refractivity (Wildman–Crippen MR) is 110 cm³/mol. The fourth-order valence-electron chi connectivity index (χ4n) is 2.63. The van der Waals surface area contributed by atoms with E-state index in [0.29, 0.717) is 38.6 Å². The van der Waals surface area contributed by atoms with Crippen LogP contribution < -0.4 is 24.3 Å². The standard InChI is InChI=1S/C20H20N2O5S/c1-24-14-8-6-13(7-9-14)21-20-22-19(23)16(28-20)11-12-5-10-15(25-2)18(27-4)17(12)26-3/h5-11H,1-4H3,(H,21,22,23)/b16-11+. The number of amidine groups is 1. The highest BCUT2D eigenvalue weighted by molar-refractivity contribution is 8.18. The van der Waals surface area contributed by atoms with Gasteiger partial charge in [0.1, 0.15) is 5.75 Å². The third kappa shape index (κ3) is 4.07. The average molecular weight is 400 g/mol. The van der Waals surface area contributed by atoms with Gasteiger partial charge in [0.2, 0.25) is 5.75 Å². The van der Waals surface area contributed by atoms with Crippen LogP contribution in [0.4, 0.5) is 5.69 Å². The molecule has 8 heteroatoms. The first-order valence-corrected chi connectivity index (χ1v) is 9.13. The highest BCUT2D eigenvalue weighted by atomic mass is 32.2. The van der Waals surface area contributed by atoms with Gasteiger partial charge < -0.3 is 24.3 Å². The number of nitrogens with one attached hydrogen (secondary N) is 1. The van der Waals surface area contributed by atoms with E-state index in [2.05, 4.69) is 10.3 Å². The molecule has 1 heterocycles. The zero-order valence-corrected chi connectivity index (χ0v) is 16.8. The van der Waals surface area contributed by atoms with E-state index in [-0.39, 0.29) is 5.91 Å². The third-order valence-corrected chi connectivity index (χ3v) is 4.89. The Hall–Kier alpha value is -3.13. The van der Waals surface area contributed by atoms with Crippen LogP contribution in [-0.4, -0.2) is 39.5 Å². The van der Waals surface area contributed by atoms with Gasteiger partial charge in [-0.15, -0.1) is 0 Å². The molecule has 0 bridgehead atoms. The molecule has 7 nitrogen and oxygen atoms in total. The quantitative estimate of drug-likeness (QED) is 0.747. The van der Waals surface area contributed by atoms with Crippen molar-refractivity contribution in [1.29, 1.82) is 0 Å². The average Bonchev–Trinajstić information content (AvgIpc) is 3.06. The van der Waals surface area contributed by atoms with Crippen molar-refractivity contribution < 1.29 is 23.7 Å². The summed E-state index contributed by atoms with van der Waals surface area (Å²) in [6, 6.07) is 10.8. The smallest absolute Gasteiger partial charge is 0.264 e. The first kappa shape index (κ1) is 19.6. The molecular formula is C20H20N2O5S. The normalized spacial score (nSPS) is 16.2. The van der Waals surface area contributed by atoms with E-state index in [0.717, 1.165) is 5.75 Å². The Balaban J connectivity index is 1.89. The molecule has 0 unspecified atom stereocenters. The molecule has 1 saturated heterocycles. The topological polar surface area (TPSA) is 78.4 Å². The van der Waals surface area contributed by atoms with Crippen LogP contribution in [0.3, 0.4) is 0 Å². The molecule has 2 aromatic carbocycles. The Bertz CT molecular complexity index is 938. The molecule has 1 N–H and O–H groups in total. The van der Waals surface area contributed by atoms with Gasteiger partial charge in [-0.1, -0.05) is 0 Å². The van der Waals surface area contributed by atoms with Crippen LogP contribution in [0.1, 0.15) is 5.56 Å². The molecule has 1 amide bonds. The molecule has 1 aliphatic heterocycles. The zero-order chi connectivity index (χ0) is 20.1. The number of thioether (sulfide) groups is 1. The summed E-state index contributed by atoms with van der Waals surface area (Å²) in [5, 5.41) is 3.27. The van der Waals surface area contributed by atoms with Crippen molar-refractivity contribution in [1.82, 2.24) is 5.32 Å². The lowest BCUT2D eigenvalue weighted by Gasteiger charge is -2.14. The predicted octanol–water partition coefficient (Wildman–Crippen LogP) is 3.61. The van der Waals surface area contributed by atoms with E-state index < -0.39 is 0 Å². The number of carbonyl (C=O) groups excluding carboxylic acids is 1. The van der Waals surface area contributed by atoms with Gasteiger partial charge in [-0.25, -0.2) is 4.99 Å². The fraction of sp³-hybridized carbons (Fsp3) is 0.200. The van der Waals surface area contributed by atoms with Crippen LogP contribution in [0.5, 0.6) is 23.0 Å². The summed E-state index contributed by atoms with van der Waals surface area (Å²) in [6.07, 6.45) is 1.73. The summed E-state index contributed by atoms with van der Waals surface area (Å²) in [6.45, 7) is 0. The van der Waals surface area contributed by atoms with Crippen LogP contribution in [0.15, 0.2) is 46.3 Å². The summed E-state index contributed by atoms with van der Waals surface area (Å²) in [7, 11) is 6.23. The van der Waals surface area contributed by atoms with Crippen molar-refractivity contribution >= 4 is 34.6 Å². The van der Waals surface area contributed by atoms with Gasteiger partial charge in [0, 0.05) is 5.56 Å². The minimum Gasteiger partial charge on any atom is -0.497 e. The van der Waals surface area contributed by atoms with Crippen LogP contribution in [-0.2, 0) is 4.79 Å². The molecule has 1 aliphatic rings. The van der Waals surface area contributed by atoms with E-state index in [9.17, 15) is 4.79 Å². The highest BCUT2D eigenvalue weighted by Crippen LogP contribution is 2.41. The van der Waals surface area contributed by atoms with Crippen molar-refractivity contribution in [3.05, 3.63) is 46.9 Å². The second-order valence-corrected chi connectivity index (χ2v) is 6.63. The van der Waals surface area contributed by atoms with Crippen LogP contribution in [0.2, 0.25) is 0 Å². The molecule has 0 spiro atoms. The lowest BCUT2D eigenvalue weighted by molar-refractivity contribution is -0.115. The Labute approximate surface area is 167 Å². The largest absolute Gasteiger partial charge is 0.497 e. The number of carbonyl (C=O) groups is 1. The van der Waals surface area contributed by atoms with Crippen LogP contribution in [0, 0.1) is 0 Å². The molecule has 0 saturated carbocycles. The summed E-state index contributed by atoms with van der Waals surface area (Å²) in [4.78, 5) is 17.3. The van der Waals surface area contributed by atoms with Crippen molar-refractivity contribution in [2.45, 2.75) is 0 Å². The van der Waals surface area contributed by atoms with Crippen LogP contribution >= 0.6 is 11.8 Å². The number of amides is 1. The van der Waals surface area contributed by atoms with E-state index >= 15 is 0 Å². The first-order valence-electron chi connectivity index (χ1n) is 8.32. The van der Waals surface area contributed by atoms with Crippen LogP contribution in [0.25, 0.3) is 6.08 Å². The van der Waals surface area contributed by atoms with Gasteiger partial charge in [0.25, 0.3) is 5.91 Å². The maximum Gasteiger partial charge on any atom is 0.264 e. The Kier molecular flexibility index (Phi) is 6.10. The van der Waals surface area contributed by atoms with Gasteiger partial charge in [-0.05, 0) is 54.2 Å². The molecule has 0 radical (unpaired) electrons. The zero-order valence-electron chi connectivity index (χ0n) is 15.9. The number of hydrogen-bond acceptors (Lipinski definition) is 7. The number of ether oxygens (including phenoxy) is 4. The number of methoxy groups -OCH3 is 4. The number of nitrogens with zero attached hydrogens (tertiary/aromatic N) is 1. The highest BCUT2D eigenvalue weighted by Gasteiger charge is 2.25. The van der Waals surface area contributed by atoms with Crippen molar-refractivity contribution in [3.63, 3.8) is 0 Å². The second-order valence-electron chi connectivity index (χ2n) is 5.60. The minimum atomic E-state index is -0.228. The van der Waals surface area contributed by atoms with Gasteiger partial charge in [-0.2, -0.15) is 0 Å². The minimum absolute atomic E-state index is 0.228. The summed E-state index contributed by atoms with van der Waals surface area (Å²) in [5.74, 6) is 2.02. The maximum absolute atomic E-state index is 12.4. The maximum atomic E-state index is 12.4. The Morgan fingerprint density at radius 1 is 0.893 bits per heavy atom. The lowest BCUT2D eigenvalue weighted by atomic mass is 10.1. The number of hydrogen-bond donors (Lipinski definition) is 1. The first-order chi connectivity index (χ1) is 13.6. The Morgan fingerprint density at radius 3 is 2.21 bits per heavy atom. The van der Waals surface area contributed by atoms with Gasteiger partial charge in [-0.3, -0.25) is 4.79 Å². The van der Waals surface area contributed by atoms with E-state index in [1.165, 1.54) is 26.0 Å². The lowest BCUT2D eigenvalue weighted by Crippen LogP contribution is -2.19. The fourth-order valence-corrected chi connectivity index (χ4v) is 3.47. The number of rotatable bonds is 6. The van der Waals surface area contributed by atoms with Crippen molar-refractivity contribution in [2.24, 2.45) is 4.99 Å².